The fourth-order valence-electron chi connectivity index (χ4n) is 2.53. The maximum atomic E-state index is 12.1. The van der Waals surface area contributed by atoms with Crippen LogP contribution in [0.25, 0.3) is 0 Å². The summed E-state index contributed by atoms with van der Waals surface area (Å²) in [6.07, 6.45) is 1.17. The molecule has 3 amide bonds. The minimum atomic E-state index is -0.213. The standard InChI is InChI=1S/C22H28N4O4/c1-3-20(27)25-19-11-9-17(10-12-19)24-15-21(28)26-18-7-5-16(6-8-18)22(29)23-13-4-14-30-2/h5-12,24H,3-4,13-15H2,1-2H3,(H,23,29)(H,25,27)(H,26,28). The number of carbonyl (C=O) groups excluding carboxylic acids is 3. The first-order valence-electron chi connectivity index (χ1n) is 9.82. The van der Waals surface area contributed by atoms with Crippen molar-refractivity contribution in [3.63, 3.8) is 0 Å². The second-order valence-corrected chi connectivity index (χ2v) is 6.56. The first-order chi connectivity index (χ1) is 14.5. The van der Waals surface area contributed by atoms with Crippen molar-refractivity contribution in [1.29, 1.82) is 0 Å². The molecule has 0 radical (unpaired) electrons. The minimum Gasteiger partial charge on any atom is -0.385 e. The molecular formula is C22H28N4O4. The molecule has 2 rings (SSSR count). The van der Waals surface area contributed by atoms with Crippen LogP contribution in [0.5, 0.6) is 0 Å². The largest absolute Gasteiger partial charge is 0.385 e. The highest BCUT2D eigenvalue weighted by Crippen LogP contribution is 2.14. The molecule has 2 aromatic rings. The van der Waals surface area contributed by atoms with Gasteiger partial charge in [-0.3, -0.25) is 14.4 Å². The Hall–Kier alpha value is -3.39. The van der Waals surface area contributed by atoms with Gasteiger partial charge in [0.25, 0.3) is 5.91 Å². The third-order valence-electron chi connectivity index (χ3n) is 4.18. The van der Waals surface area contributed by atoms with Crippen molar-refractivity contribution in [2.75, 3.05) is 42.8 Å². The fraction of sp³-hybridized carbons (Fsp3) is 0.318. The zero-order valence-electron chi connectivity index (χ0n) is 17.3. The number of amides is 3. The van der Waals surface area contributed by atoms with Crippen LogP contribution in [0, 0.1) is 0 Å². The highest BCUT2D eigenvalue weighted by Gasteiger charge is 2.07. The highest BCUT2D eigenvalue weighted by molar-refractivity contribution is 5.96. The Morgan fingerprint density at radius 2 is 1.40 bits per heavy atom. The third kappa shape index (κ3) is 7.92. The predicted octanol–water partition coefficient (Wildman–Crippen LogP) is 2.85. The van der Waals surface area contributed by atoms with Crippen LogP contribution in [0.2, 0.25) is 0 Å². The molecule has 0 fully saturated rings. The number of carbonyl (C=O) groups is 3. The lowest BCUT2D eigenvalue weighted by Crippen LogP contribution is -2.25. The molecule has 0 saturated heterocycles. The monoisotopic (exact) mass is 412 g/mol. The first-order valence-corrected chi connectivity index (χ1v) is 9.82. The quantitative estimate of drug-likeness (QED) is 0.425. The molecule has 4 N–H and O–H groups in total. The fourth-order valence-corrected chi connectivity index (χ4v) is 2.53. The van der Waals surface area contributed by atoms with Crippen LogP contribution in [0.4, 0.5) is 17.1 Å². The summed E-state index contributed by atoms with van der Waals surface area (Å²) < 4.78 is 4.94. The molecule has 0 bridgehead atoms. The van der Waals surface area contributed by atoms with Gasteiger partial charge >= 0.3 is 0 Å². The lowest BCUT2D eigenvalue weighted by Gasteiger charge is -2.10. The van der Waals surface area contributed by atoms with Crippen molar-refractivity contribution >= 4 is 34.8 Å². The van der Waals surface area contributed by atoms with Gasteiger partial charge in [-0.1, -0.05) is 6.92 Å². The van der Waals surface area contributed by atoms with Gasteiger partial charge in [0, 0.05) is 49.3 Å². The molecule has 0 heterocycles. The summed E-state index contributed by atoms with van der Waals surface area (Å²) >= 11 is 0. The van der Waals surface area contributed by atoms with Gasteiger partial charge in [0.05, 0.1) is 6.54 Å². The zero-order valence-corrected chi connectivity index (χ0v) is 17.3. The number of methoxy groups -OCH3 is 1. The SMILES string of the molecule is CCC(=O)Nc1ccc(NCC(=O)Nc2ccc(C(=O)NCCCOC)cc2)cc1. The molecule has 30 heavy (non-hydrogen) atoms. The molecule has 0 spiro atoms. The van der Waals surface area contributed by atoms with E-state index in [2.05, 4.69) is 21.3 Å². The summed E-state index contributed by atoms with van der Waals surface area (Å²) in [5.41, 5.74) is 2.61. The molecule has 2 aromatic carbocycles. The predicted molar refractivity (Wildman–Crippen MR) is 118 cm³/mol. The minimum absolute atomic E-state index is 0.0512. The van der Waals surface area contributed by atoms with Gasteiger partial charge in [-0.05, 0) is 55.0 Å². The maximum absolute atomic E-state index is 12.1. The molecule has 0 unspecified atom stereocenters. The summed E-state index contributed by atoms with van der Waals surface area (Å²) in [4.78, 5) is 35.5. The summed E-state index contributed by atoms with van der Waals surface area (Å²) in [6.45, 7) is 3.01. The molecular weight excluding hydrogens is 384 g/mol. The Kier molecular flexibility index (Phi) is 9.33. The van der Waals surface area contributed by atoms with Crippen molar-refractivity contribution in [2.45, 2.75) is 19.8 Å². The molecule has 0 aliphatic heterocycles. The zero-order chi connectivity index (χ0) is 21.8. The van der Waals surface area contributed by atoms with E-state index in [0.29, 0.717) is 36.5 Å². The Balaban J connectivity index is 1.76. The van der Waals surface area contributed by atoms with E-state index in [0.717, 1.165) is 12.1 Å². The van der Waals surface area contributed by atoms with Crippen LogP contribution in [0.3, 0.4) is 0 Å². The lowest BCUT2D eigenvalue weighted by atomic mass is 10.2. The van der Waals surface area contributed by atoms with E-state index in [1.165, 1.54) is 0 Å². The van der Waals surface area contributed by atoms with Crippen LogP contribution >= 0.6 is 0 Å². The van der Waals surface area contributed by atoms with Crippen molar-refractivity contribution in [3.05, 3.63) is 54.1 Å². The molecule has 160 valence electrons. The first kappa shape index (κ1) is 22.9. The Labute approximate surface area is 176 Å². The lowest BCUT2D eigenvalue weighted by molar-refractivity contribution is -0.116. The number of anilines is 3. The van der Waals surface area contributed by atoms with E-state index in [9.17, 15) is 14.4 Å². The molecule has 8 heteroatoms. The van der Waals surface area contributed by atoms with Crippen molar-refractivity contribution in [1.82, 2.24) is 5.32 Å². The van der Waals surface area contributed by atoms with Gasteiger partial charge in [0.2, 0.25) is 11.8 Å². The van der Waals surface area contributed by atoms with Crippen molar-refractivity contribution in [3.8, 4) is 0 Å². The number of rotatable bonds is 11. The summed E-state index contributed by atoms with van der Waals surface area (Å²) in [5.74, 6) is -0.427. The third-order valence-corrected chi connectivity index (χ3v) is 4.18. The maximum Gasteiger partial charge on any atom is 0.251 e. The molecule has 0 aliphatic rings. The Bertz CT molecular complexity index is 835. The number of hydrogen-bond donors (Lipinski definition) is 4. The number of ether oxygens (including phenoxy) is 1. The van der Waals surface area contributed by atoms with E-state index in [1.807, 2.05) is 0 Å². The normalized spacial score (nSPS) is 10.2. The van der Waals surface area contributed by atoms with Crippen molar-refractivity contribution in [2.24, 2.45) is 0 Å². The summed E-state index contributed by atoms with van der Waals surface area (Å²) in [5, 5.41) is 11.4. The van der Waals surface area contributed by atoms with Gasteiger partial charge < -0.3 is 26.0 Å². The smallest absolute Gasteiger partial charge is 0.251 e. The van der Waals surface area contributed by atoms with Crippen molar-refractivity contribution < 1.29 is 19.1 Å². The second kappa shape index (κ2) is 12.2. The molecule has 0 atom stereocenters. The second-order valence-electron chi connectivity index (χ2n) is 6.56. The van der Waals surface area contributed by atoms with Crippen LogP contribution in [0.15, 0.2) is 48.5 Å². The average molecular weight is 412 g/mol. The Morgan fingerprint density at radius 1 is 0.833 bits per heavy atom. The van der Waals surface area contributed by atoms with Crippen LogP contribution in [-0.4, -0.2) is 44.5 Å². The number of hydrogen-bond acceptors (Lipinski definition) is 5. The average Bonchev–Trinajstić information content (AvgIpc) is 2.76. The Morgan fingerprint density at radius 3 is 2.00 bits per heavy atom. The topological polar surface area (TPSA) is 109 Å². The number of benzene rings is 2. The van der Waals surface area contributed by atoms with E-state index in [-0.39, 0.29) is 24.3 Å². The van der Waals surface area contributed by atoms with Crippen LogP contribution in [-0.2, 0) is 14.3 Å². The van der Waals surface area contributed by atoms with Gasteiger partial charge in [-0.15, -0.1) is 0 Å². The van der Waals surface area contributed by atoms with Gasteiger partial charge in [0.15, 0.2) is 0 Å². The number of nitrogens with one attached hydrogen (secondary N) is 4. The van der Waals surface area contributed by atoms with Gasteiger partial charge in [-0.2, -0.15) is 0 Å². The molecule has 0 aliphatic carbocycles. The highest BCUT2D eigenvalue weighted by atomic mass is 16.5. The summed E-state index contributed by atoms with van der Waals surface area (Å²) in [6, 6.07) is 13.8. The summed E-state index contributed by atoms with van der Waals surface area (Å²) in [7, 11) is 1.62. The van der Waals surface area contributed by atoms with E-state index in [1.54, 1.807) is 62.6 Å². The van der Waals surface area contributed by atoms with Gasteiger partial charge in [-0.25, -0.2) is 0 Å². The van der Waals surface area contributed by atoms with Crippen LogP contribution in [0.1, 0.15) is 30.1 Å². The van der Waals surface area contributed by atoms with E-state index >= 15 is 0 Å². The van der Waals surface area contributed by atoms with E-state index in [4.69, 9.17) is 4.74 Å². The van der Waals surface area contributed by atoms with Gasteiger partial charge in [0.1, 0.15) is 0 Å². The molecule has 0 aromatic heterocycles. The molecule has 8 nitrogen and oxygen atoms in total. The van der Waals surface area contributed by atoms with E-state index < -0.39 is 0 Å². The molecule has 0 saturated carbocycles. The van der Waals surface area contributed by atoms with Crippen LogP contribution < -0.4 is 21.3 Å².